The number of nitrogens with zero attached hydrogens (tertiary/aromatic N) is 1. The number of phenolic OH excluding ortho intramolecular Hbond substituents is 1. The number of carbonyl (C=O) groups excluding carboxylic acids is 1. The summed E-state index contributed by atoms with van der Waals surface area (Å²) in [6.45, 7) is 5.43. The SMILES string of the molecule is O=C(Nc1ccccc1O)C1CCN(CC2CCCNC2)CC1. The zero-order valence-corrected chi connectivity index (χ0v) is 13.6. The Morgan fingerprint density at radius 3 is 2.74 bits per heavy atom. The maximum Gasteiger partial charge on any atom is 0.227 e. The summed E-state index contributed by atoms with van der Waals surface area (Å²) in [5, 5.41) is 16.1. The molecule has 2 aliphatic rings. The fourth-order valence-electron chi connectivity index (χ4n) is 3.64. The highest BCUT2D eigenvalue weighted by Crippen LogP contribution is 2.25. The third-order valence-corrected chi connectivity index (χ3v) is 5.04. The van der Waals surface area contributed by atoms with Gasteiger partial charge in [0.05, 0.1) is 5.69 Å². The van der Waals surface area contributed by atoms with Crippen LogP contribution < -0.4 is 10.6 Å². The van der Waals surface area contributed by atoms with Crippen molar-refractivity contribution in [2.75, 3.05) is 38.0 Å². The number of para-hydroxylation sites is 2. The van der Waals surface area contributed by atoms with Crippen LogP contribution in [0.25, 0.3) is 0 Å². The Labute approximate surface area is 138 Å². The van der Waals surface area contributed by atoms with E-state index >= 15 is 0 Å². The number of piperidine rings is 2. The zero-order valence-electron chi connectivity index (χ0n) is 13.6. The molecule has 0 radical (unpaired) electrons. The van der Waals surface area contributed by atoms with Gasteiger partial charge >= 0.3 is 0 Å². The van der Waals surface area contributed by atoms with Crippen molar-refractivity contribution in [3.05, 3.63) is 24.3 Å². The molecular weight excluding hydrogens is 290 g/mol. The Kier molecular flexibility index (Phi) is 5.51. The van der Waals surface area contributed by atoms with E-state index in [1.54, 1.807) is 18.2 Å². The largest absolute Gasteiger partial charge is 0.506 e. The summed E-state index contributed by atoms with van der Waals surface area (Å²) in [5.41, 5.74) is 0.508. The average molecular weight is 317 g/mol. The van der Waals surface area contributed by atoms with Gasteiger partial charge in [-0.15, -0.1) is 0 Å². The van der Waals surface area contributed by atoms with Crippen LogP contribution in [0.15, 0.2) is 24.3 Å². The maximum absolute atomic E-state index is 12.4. The lowest BCUT2D eigenvalue weighted by Crippen LogP contribution is -2.43. The lowest BCUT2D eigenvalue weighted by molar-refractivity contribution is -0.121. The van der Waals surface area contributed by atoms with E-state index in [4.69, 9.17) is 0 Å². The van der Waals surface area contributed by atoms with Gasteiger partial charge < -0.3 is 20.6 Å². The summed E-state index contributed by atoms with van der Waals surface area (Å²) < 4.78 is 0. The second-order valence-corrected chi connectivity index (χ2v) is 6.79. The molecule has 23 heavy (non-hydrogen) atoms. The molecule has 3 N–H and O–H groups in total. The minimum absolute atomic E-state index is 0.0329. The van der Waals surface area contributed by atoms with Crippen molar-refractivity contribution >= 4 is 11.6 Å². The van der Waals surface area contributed by atoms with Crippen LogP contribution in [0.4, 0.5) is 5.69 Å². The van der Waals surface area contributed by atoms with E-state index in [1.807, 2.05) is 6.07 Å². The number of nitrogens with one attached hydrogen (secondary N) is 2. The number of likely N-dealkylation sites (tertiary alicyclic amines) is 1. The molecule has 1 atom stereocenters. The quantitative estimate of drug-likeness (QED) is 0.744. The second kappa shape index (κ2) is 7.79. The summed E-state index contributed by atoms with van der Waals surface area (Å²) in [4.78, 5) is 14.9. The molecule has 1 aromatic rings. The minimum Gasteiger partial charge on any atom is -0.506 e. The van der Waals surface area contributed by atoms with Crippen LogP contribution in [0.3, 0.4) is 0 Å². The molecule has 126 valence electrons. The predicted molar refractivity (Wildman–Crippen MR) is 91.5 cm³/mol. The Morgan fingerprint density at radius 1 is 1.26 bits per heavy atom. The molecule has 0 spiro atoms. The fourth-order valence-corrected chi connectivity index (χ4v) is 3.64. The lowest BCUT2D eigenvalue weighted by atomic mass is 9.93. The van der Waals surface area contributed by atoms with Gasteiger partial charge in [-0.1, -0.05) is 12.1 Å². The van der Waals surface area contributed by atoms with Crippen molar-refractivity contribution in [3.8, 4) is 5.75 Å². The first-order chi connectivity index (χ1) is 11.2. The summed E-state index contributed by atoms with van der Waals surface area (Å²) in [6.07, 6.45) is 4.41. The van der Waals surface area contributed by atoms with Crippen LogP contribution in [0.2, 0.25) is 0 Å². The number of hydrogen-bond donors (Lipinski definition) is 3. The summed E-state index contributed by atoms with van der Waals surface area (Å²) >= 11 is 0. The van der Waals surface area contributed by atoms with Crippen molar-refractivity contribution in [2.45, 2.75) is 25.7 Å². The van der Waals surface area contributed by atoms with E-state index in [2.05, 4.69) is 15.5 Å². The Balaban J connectivity index is 1.45. The fraction of sp³-hybridized carbons (Fsp3) is 0.611. The van der Waals surface area contributed by atoms with E-state index in [0.29, 0.717) is 5.69 Å². The summed E-state index contributed by atoms with van der Waals surface area (Å²) in [6, 6.07) is 6.90. The van der Waals surface area contributed by atoms with E-state index in [1.165, 1.54) is 12.8 Å². The molecule has 1 unspecified atom stereocenters. The number of anilines is 1. The second-order valence-electron chi connectivity index (χ2n) is 6.79. The third kappa shape index (κ3) is 4.45. The molecule has 5 heteroatoms. The molecule has 2 fully saturated rings. The first kappa shape index (κ1) is 16.3. The van der Waals surface area contributed by atoms with E-state index in [-0.39, 0.29) is 17.6 Å². The topological polar surface area (TPSA) is 64.6 Å². The zero-order chi connectivity index (χ0) is 16.1. The van der Waals surface area contributed by atoms with Gasteiger partial charge in [-0.25, -0.2) is 0 Å². The molecule has 2 heterocycles. The van der Waals surface area contributed by atoms with E-state index in [0.717, 1.165) is 51.5 Å². The maximum atomic E-state index is 12.4. The molecule has 1 amide bonds. The van der Waals surface area contributed by atoms with Crippen LogP contribution >= 0.6 is 0 Å². The summed E-state index contributed by atoms with van der Waals surface area (Å²) in [5.74, 6) is 0.972. The number of benzene rings is 1. The highest BCUT2D eigenvalue weighted by atomic mass is 16.3. The molecule has 0 bridgehead atoms. The first-order valence-electron chi connectivity index (χ1n) is 8.74. The molecule has 3 rings (SSSR count). The predicted octanol–water partition coefficient (Wildman–Crippen LogP) is 2.04. The van der Waals surface area contributed by atoms with Crippen LogP contribution in [0.1, 0.15) is 25.7 Å². The molecular formula is C18H27N3O2. The number of hydrogen-bond acceptors (Lipinski definition) is 4. The summed E-state index contributed by atoms with van der Waals surface area (Å²) in [7, 11) is 0. The molecule has 1 aromatic carbocycles. The highest BCUT2D eigenvalue weighted by molar-refractivity contribution is 5.93. The highest BCUT2D eigenvalue weighted by Gasteiger charge is 2.27. The van der Waals surface area contributed by atoms with Crippen LogP contribution in [0.5, 0.6) is 5.75 Å². The Bertz CT molecular complexity index is 521. The average Bonchev–Trinajstić information content (AvgIpc) is 2.58. The van der Waals surface area contributed by atoms with Crippen molar-refractivity contribution in [3.63, 3.8) is 0 Å². The van der Waals surface area contributed by atoms with Crippen molar-refractivity contribution in [1.82, 2.24) is 10.2 Å². The Morgan fingerprint density at radius 2 is 2.04 bits per heavy atom. The van der Waals surface area contributed by atoms with Gasteiger partial charge in [-0.05, 0) is 69.9 Å². The van der Waals surface area contributed by atoms with E-state index < -0.39 is 0 Å². The first-order valence-corrected chi connectivity index (χ1v) is 8.74. The molecule has 0 saturated carbocycles. The molecule has 2 saturated heterocycles. The van der Waals surface area contributed by atoms with Crippen molar-refractivity contribution in [1.29, 1.82) is 0 Å². The Hall–Kier alpha value is -1.59. The molecule has 0 aromatic heterocycles. The van der Waals surface area contributed by atoms with Crippen LogP contribution in [-0.4, -0.2) is 48.6 Å². The standard InChI is InChI=1S/C18H27N3O2/c22-17-6-2-1-5-16(17)20-18(23)15-7-10-21(11-8-15)13-14-4-3-9-19-12-14/h1-2,5-6,14-15,19,22H,3-4,7-13H2,(H,20,23). The minimum atomic E-state index is 0.0329. The van der Waals surface area contributed by atoms with Gasteiger partial charge in [0.25, 0.3) is 0 Å². The number of rotatable bonds is 4. The molecule has 5 nitrogen and oxygen atoms in total. The number of aromatic hydroxyl groups is 1. The van der Waals surface area contributed by atoms with Crippen molar-refractivity contribution < 1.29 is 9.90 Å². The molecule has 0 aliphatic carbocycles. The van der Waals surface area contributed by atoms with Gasteiger partial charge in [-0.2, -0.15) is 0 Å². The van der Waals surface area contributed by atoms with Gasteiger partial charge in [0.1, 0.15) is 5.75 Å². The van der Waals surface area contributed by atoms with Gasteiger partial charge in [-0.3, -0.25) is 4.79 Å². The van der Waals surface area contributed by atoms with Gasteiger partial charge in [0.2, 0.25) is 5.91 Å². The smallest absolute Gasteiger partial charge is 0.227 e. The lowest BCUT2D eigenvalue weighted by Gasteiger charge is -2.35. The van der Waals surface area contributed by atoms with Gasteiger partial charge in [0, 0.05) is 12.5 Å². The monoisotopic (exact) mass is 317 g/mol. The number of amides is 1. The normalized spacial score (nSPS) is 23.6. The molecule has 2 aliphatic heterocycles. The number of phenols is 1. The number of carbonyl (C=O) groups is 1. The van der Waals surface area contributed by atoms with Crippen LogP contribution in [0, 0.1) is 11.8 Å². The van der Waals surface area contributed by atoms with Crippen molar-refractivity contribution in [2.24, 2.45) is 11.8 Å². The van der Waals surface area contributed by atoms with Crippen LogP contribution in [-0.2, 0) is 4.79 Å². The van der Waals surface area contributed by atoms with Gasteiger partial charge in [0.15, 0.2) is 0 Å². The third-order valence-electron chi connectivity index (χ3n) is 5.04. The van der Waals surface area contributed by atoms with E-state index in [9.17, 15) is 9.90 Å².